The molecule has 0 aliphatic carbocycles. The van der Waals surface area contributed by atoms with Gasteiger partial charge in [-0.25, -0.2) is 0 Å². The summed E-state index contributed by atoms with van der Waals surface area (Å²) in [5.41, 5.74) is 0.995. The molecule has 1 aromatic carbocycles. The molecule has 1 saturated heterocycles. The molecule has 0 radical (unpaired) electrons. The summed E-state index contributed by atoms with van der Waals surface area (Å²) in [7, 11) is 1.44. The van der Waals surface area contributed by atoms with Crippen LogP contribution in [-0.4, -0.2) is 43.9 Å². The van der Waals surface area contributed by atoms with Crippen LogP contribution in [0.2, 0.25) is 0 Å². The Bertz CT molecular complexity index is 460. The van der Waals surface area contributed by atoms with Crippen molar-refractivity contribution in [1.82, 2.24) is 4.90 Å². The molecule has 1 aromatic rings. The number of nitrogens with zero attached hydrogens (tertiary/aromatic N) is 1. The van der Waals surface area contributed by atoms with Gasteiger partial charge in [0.15, 0.2) is 11.5 Å². The lowest BCUT2D eigenvalue weighted by molar-refractivity contribution is -0.0705. The number of hydrogen-bond donors (Lipinski definition) is 0. The molecule has 0 amide bonds. The van der Waals surface area contributed by atoms with Crippen molar-refractivity contribution in [2.24, 2.45) is 0 Å². The van der Waals surface area contributed by atoms with Gasteiger partial charge in [-0.05, 0) is 31.5 Å². The summed E-state index contributed by atoms with van der Waals surface area (Å²) in [6.07, 6.45) is 0.383. The van der Waals surface area contributed by atoms with Gasteiger partial charge in [0.2, 0.25) is 0 Å². The predicted octanol–water partition coefficient (Wildman–Crippen LogP) is 2.91. The Hall–Kier alpha value is -1.40. The first-order valence-corrected chi connectivity index (χ1v) is 6.97. The summed E-state index contributed by atoms with van der Waals surface area (Å²) in [5.74, 6) is 0.377. The van der Waals surface area contributed by atoms with Crippen LogP contribution in [0.5, 0.6) is 11.5 Å². The molecule has 2 rings (SSSR count). The summed E-state index contributed by atoms with van der Waals surface area (Å²) < 4.78 is 39.8. The van der Waals surface area contributed by atoms with Crippen LogP contribution in [0.3, 0.4) is 0 Å². The monoisotopic (exact) mass is 301 g/mol. The second-order valence-corrected chi connectivity index (χ2v) is 5.32. The van der Waals surface area contributed by atoms with Crippen LogP contribution >= 0.6 is 0 Å². The van der Waals surface area contributed by atoms with Gasteiger partial charge in [-0.15, -0.1) is 0 Å². The van der Waals surface area contributed by atoms with Crippen LogP contribution in [0.4, 0.5) is 8.78 Å². The molecule has 4 nitrogen and oxygen atoms in total. The van der Waals surface area contributed by atoms with E-state index in [1.165, 1.54) is 13.2 Å². The Kier molecular flexibility index (Phi) is 5.36. The number of methoxy groups -OCH3 is 1. The fourth-order valence-corrected chi connectivity index (χ4v) is 2.68. The molecule has 1 aliphatic rings. The van der Waals surface area contributed by atoms with Crippen molar-refractivity contribution in [3.05, 3.63) is 23.8 Å². The van der Waals surface area contributed by atoms with Gasteiger partial charge in [-0.1, -0.05) is 6.07 Å². The maximum atomic E-state index is 12.3. The number of halogens is 2. The van der Waals surface area contributed by atoms with Crippen molar-refractivity contribution in [3.8, 4) is 11.5 Å². The van der Waals surface area contributed by atoms with Gasteiger partial charge in [-0.3, -0.25) is 4.90 Å². The third-order valence-electron chi connectivity index (χ3n) is 3.35. The highest BCUT2D eigenvalue weighted by molar-refractivity contribution is 5.43. The van der Waals surface area contributed by atoms with Crippen LogP contribution in [0.15, 0.2) is 18.2 Å². The maximum absolute atomic E-state index is 12.3. The summed E-state index contributed by atoms with van der Waals surface area (Å²) in [4.78, 5) is 2.28. The van der Waals surface area contributed by atoms with Crippen LogP contribution in [0, 0.1) is 0 Å². The third kappa shape index (κ3) is 4.54. The molecule has 0 spiro atoms. The minimum Gasteiger partial charge on any atom is -0.493 e. The lowest BCUT2D eigenvalue weighted by Gasteiger charge is -2.35. The van der Waals surface area contributed by atoms with Gasteiger partial charge in [0.25, 0.3) is 0 Å². The van der Waals surface area contributed by atoms with E-state index in [0.29, 0.717) is 5.75 Å². The van der Waals surface area contributed by atoms with Gasteiger partial charge >= 0.3 is 6.61 Å². The normalized spacial score (nSPS) is 23.3. The van der Waals surface area contributed by atoms with Gasteiger partial charge in [-0.2, -0.15) is 8.78 Å². The van der Waals surface area contributed by atoms with Crippen molar-refractivity contribution < 1.29 is 23.0 Å². The van der Waals surface area contributed by atoms with Gasteiger partial charge < -0.3 is 14.2 Å². The number of alkyl halides is 2. The molecule has 0 N–H and O–H groups in total. The number of morpholine rings is 1. The summed E-state index contributed by atoms with van der Waals surface area (Å²) in [6.45, 7) is 3.66. The van der Waals surface area contributed by atoms with Crippen LogP contribution < -0.4 is 9.47 Å². The largest absolute Gasteiger partial charge is 0.493 e. The first-order valence-electron chi connectivity index (χ1n) is 6.97. The number of benzene rings is 1. The first kappa shape index (κ1) is 16.0. The van der Waals surface area contributed by atoms with Crippen molar-refractivity contribution in [2.75, 3.05) is 20.2 Å². The molecular formula is C15H21F2NO3. The molecule has 2 atom stereocenters. The zero-order valence-electron chi connectivity index (χ0n) is 12.5. The highest BCUT2D eigenvalue weighted by atomic mass is 19.3. The minimum atomic E-state index is -2.86. The minimum absolute atomic E-state index is 0.0555. The molecule has 1 aliphatic heterocycles. The Morgan fingerprint density at radius 1 is 1.24 bits per heavy atom. The van der Waals surface area contributed by atoms with Crippen molar-refractivity contribution in [3.63, 3.8) is 0 Å². The Balaban J connectivity index is 2.06. The second-order valence-electron chi connectivity index (χ2n) is 5.32. The quantitative estimate of drug-likeness (QED) is 0.837. The predicted molar refractivity (Wildman–Crippen MR) is 74.9 cm³/mol. The molecule has 1 heterocycles. The van der Waals surface area contributed by atoms with E-state index in [1.54, 1.807) is 12.1 Å². The van der Waals surface area contributed by atoms with Gasteiger partial charge in [0.1, 0.15) is 0 Å². The standard InChI is InChI=1S/C15H21F2NO3/c1-10-7-18(8-11(2)20-10)9-12-4-5-13(21-15(16)17)14(6-12)19-3/h4-6,10-11,15H,7-9H2,1-3H3. The smallest absolute Gasteiger partial charge is 0.387 e. The Morgan fingerprint density at radius 3 is 2.48 bits per heavy atom. The Labute approximate surface area is 123 Å². The molecule has 0 saturated carbocycles. The second kappa shape index (κ2) is 7.04. The first-order chi connectivity index (χ1) is 9.97. The molecule has 2 unspecified atom stereocenters. The molecular weight excluding hydrogens is 280 g/mol. The van der Waals surface area contributed by atoms with E-state index in [9.17, 15) is 8.78 Å². The van der Waals surface area contributed by atoms with Crippen LogP contribution in [-0.2, 0) is 11.3 Å². The van der Waals surface area contributed by atoms with Crippen LogP contribution in [0.1, 0.15) is 19.4 Å². The van der Waals surface area contributed by atoms with E-state index in [1.807, 2.05) is 13.8 Å². The highest BCUT2D eigenvalue weighted by Crippen LogP contribution is 2.30. The summed E-state index contributed by atoms with van der Waals surface area (Å²) in [6, 6.07) is 5.04. The van der Waals surface area contributed by atoms with E-state index < -0.39 is 6.61 Å². The average Bonchev–Trinajstić information content (AvgIpc) is 2.38. The molecule has 0 bridgehead atoms. The van der Waals surface area contributed by atoms with Crippen LogP contribution in [0.25, 0.3) is 0 Å². The fraction of sp³-hybridized carbons (Fsp3) is 0.600. The van der Waals surface area contributed by atoms with Crippen molar-refractivity contribution in [2.45, 2.75) is 39.2 Å². The summed E-state index contributed by atoms with van der Waals surface area (Å²) >= 11 is 0. The molecule has 0 aromatic heterocycles. The number of hydrogen-bond acceptors (Lipinski definition) is 4. The molecule has 6 heteroatoms. The summed E-state index contributed by atoms with van der Waals surface area (Å²) in [5, 5.41) is 0. The number of ether oxygens (including phenoxy) is 3. The molecule has 1 fully saturated rings. The van der Waals surface area contributed by atoms with Crippen molar-refractivity contribution >= 4 is 0 Å². The lowest BCUT2D eigenvalue weighted by atomic mass is 10.1. The van der Waals surface area contributed by atoms with E-state index in [2.05, 4.69) is 9.64 Å². The molecule has 118 valence electrons. The highest BCUT2D eigenvalue weighted by Gasteiger charge is 2.22. The Morgan fingerprint density at radius 2 is 1.90 bits per heavy atom. The van der Waals surface area contributed by atoms with E-state index >= 15 is 0 Å². The zero-order chi connectivity index (χ0) is 15.4. The average molecular weight is 301 g/mol. The van der Waals surface area contributed by atoms with Gasteiger partial charge in [0, 0.05) is 19.6 Å². The van der Waals surface area contributed by atoms with E-state index in [4.69, 9.17) is 9.47 Å². The molecule has 21 heavy (non-hydrogen) atoms. The third-order valence-corrected chi connectivity index (χ3v) is 3.35. The SMILES string of the molecule is COc1cc(CN2CC(C)OC(C)C2)ccc1OC(F)F. The van der Waals surface area contributed by atoms with E-state index in [-0.39, 0.29) is 18.0 Å². The van der Waals surface area contributed by atoms with Crippen molar-refractivity contribution in [1.29, 1.82) is 0 Å². The lowest BCUT2D eigenvalue weighted by Crippen LogP contribution is -2.44. The van der Waals surface area contributed by atoms with E-state index in [0.717, 1.165) is 25.2 Å². The fourth-order valence-electron chi connectivity index (χ4n) is 2.68. The number of rotatable bonds is 5. The maximum Gasteiger partial charge on any atom is 0.387 e. The topological polar surface area (TPSA) is 30.9 Å². The zero-order valence-corrected chi connectivity index (χ0v) is 12.5. The van der Waals surface area contributed by atoms with Gasteiger partial charge in [0.05, 0.1) is 19.3 Å².